The molecular formula is C62H40N2. The summed E-state index contributed by atoms with van der Waals surface area (Å²) < 4.78 is 4.98. The number of nitrogens with zero attached hydrogens (tertiary/aromatic N) is 2. The fourth-order valence-corrected chi connectivity index (χ4v) is 11.6. The molecule has 2 nitrogen and oxygen atoms in total. The van der Waals surface area contributed by atoms with E-state index < -0.39 is 0 Å². The quantitative estimate of drug-likeness (QED) is 0.157. The first-order chi connectivity index (χ1) is 31.8. The smallest absolute Gasteiger partial charge is 0.0625 e. The van der Waals surface area contributed by atoms with Crippen molar-refractivity contribution >= 4 is 65.0 Å². The van der Waals surface area contributed by atoms with Gasteiger partial charge in [-0.05, 0) is 109 Å². The van der Waals surface area contributed by atoms with Crippen LogP contribution in [0, 0.1) is 0 Å². The largest absolute Gasteiger partial charge is 0.309 e. The minimum absolute atomic E-state index is 0.245. The van der Waals surface area contributed by atoms with Crippen LogP contribution in [0.5, 0.6) is 0 Å². The summed E-state index contributed by atoms with van der Waals surface area (Å²) in [6.45, 7) is 0. The Morgan fingerprint density at radius 3 is 1.50 bits per heavy atom. The van der Waals surface area contributed by atoms with Gasteiger partial charge in [-0.2, -0.15) is 0 Å². The van der Waals surface area contributed by atoms with Gasteiger partial charge in [0.05, 0.1) is 22.2 Å². The van der Waals surface area contributed by atoms with Crippen LogP contribution in [-0.2, 0) is 0 Å². The van der Waals surface area contributed by atoms with Crippen LogP contribution in [0.2, 0.25) is 0 Å². The van der Waals surface area contributed by atoms with Crippen LogP contribution in [0.15, 0.2) is 231 Å². The Hall–Kier alpha value is -8.20. The van der Waals surface area contributed by atoms with Crippen LogP contribution in [0.25, 0.3) is 110 Å². The maximum absolute atomic E-state index is 2.51. The molecular weight excluding hydrogens is 773 g/mol. The third-order valence-electron chi connectivity index (χ3n) is 14.3. The SMILES string of the molecule is C1=CC2c3ccccc3-c3c(c4cc(-c5ccc(-c6ccc7c(c6)c6c8ccccc8c8ccccc8c6n7-c6ccccc6)c6ccccc56)ccc4n3-c3ccccc3)C2C=C1. The van der Waals surface area contributed by atoms with Crippen molar-refractivity contribution in [3.8, 4) is 44.9 Å². The highest BCUT2D eigenvalue weighted by molar-refractivity contribution is 6.32. The zero-order chi connectivity index (χ0) is 41.9. The number of benzene rings is 10. The number of rotatable bonds is 4. The van der Waals surface area contributed by atoms with Gasteiger partial charge in [0.15, 0.2) is 0 Å². The monoisotopic (exact) mass is 812 g/mol. The average Bonchev–Trinajstić information content (AvgIpc) is 3.90. The van der Waals surface area contributed by atoms with Crippen LogP contribution in [0.3, 0.4) is 0 Å². The first-order valence-electron chi connectivity index (χ1n) is 22.4. The third kappa shape index (κ3) is 4.97. The minimum Gasteiger partial charge on any atom is -0.309 e. The highest BCUT2D eigenvalue weighted by Gasteiger charge is 2.36. The highest BCUT2D eigenvalue weighted by atomic mass is 15.0. The van der Waals surface area contributed by atoms with Gasteiger partial charge in [0.25, 0.3) is 0 Å². The van der Waals surface area contributed by atoms with Gasteiger partial charge >= 0.3 is 0 Å². The molecule has 2 aliphatic carbocycles. The van der Waals surface area contributed by atoms with Gasteiger partial charge < -0.3 is 9.13 Å². The van der Waals surface area contributed by atoms with Crippen molar-refractivity contribution in [2.24, 2.45) is 0 Å². The van der Waals surface area contributed by atoms with Crippen molar-refractivity contribution in [2.45, 2.75) is 11.8 Å². The highest BCUT2D eigenvalue weighted by Crippen LogP contribution is 2.54. The van der Waals surface area contributed by atoms with E-state index in [9.17, 15) is 0 Å². The van der Waals surface area contributed by atoms with Crippen LogP contribution >= 0.6 is 0 Å². The first-order valence-corrected chi connectivity index (χ1v) is 22.4. The van der Waals surface area contributed by atoms with Crippen molar-refractivity contribution in [1.82, 2.24) is 9.13 Å². The Balaban J connectivity index is 0.995. The number of fused-ring (bicyclic) bond motifs is 17. The zero-order valence-electron chi connectivity index (χ0n) is 35.0. The second-order valence-corrected chi connectivity index (χ2v) is 17.5. The lowest BCUT2D eigenvalue weighted by atomic mass is 9.71. The molecule has 0 amide bonds. The Morgan fingerprint density at radius 2 is 0.828 bits per heavy atom. The van der Waals surface area contributed by atoms with Crippen LogP contribution in [0.1, 0.15) is 23.0 Å². The molecule has 0 N–H and O–H groups in total. The van der Waals surface area contributed by atoms with Gasteiger partial charge in [-0.1, -0.05) is 182 Å². The van der Waals surface area contributed by atoms with E-state index in [1.54, 1.807) is 0 Å². The molecule has 2 atom stereocenters. The molecule has 12 aromatic rings. The zero-order valence-corrected chi connectivity index (χ0v) is 35.0. The van der Waals surface area contributed by atoms with Crippen molar-refractivity contribution in [1.29, 1.82) is 0 Å². The Morgan fingerprint density at radius 1 is 0.328 bits per heavy atom. The summed E-state index contributed by atoms with van der Waals surface area (Å²) in [6, 6.07) is 76.6. The minimum atomic E-state index is 0.245. The summed E-state index contributed by atoms with van der Waals surface area (Å²) in [5.41, 5.74) is 16.4. The molecule has 0 spiro atoms. The van der Waals surface area contributed by atoms with Crippen LogP contribution in [-0.4, -0.2) is 9.13 Å². The van der Waals surface area contributed by atoms with E-state index in [4.69, 9.17) is 0 Å². The van der Waals surface area contributed by atoms with E-state index in [2.05, 4.69) is 240 Å². The van der Waals surface area contributed by atoms with E-state index in [0.717, 1.165) is 0 Å². The van der Waals surface area contributed by atoms with E-state index in [-0.39, 0.29) is 5.92 Å². The summed E-state index contributed by atoms with van der Waals surface area (Å²) in [5, 5.41) is 11.5. The molecule has 0 bridgehead atoms. The van der Waals surface area contributed by atoms with Gasteiger partial charge in [-0.15, -0.1) is 0 Å². The van der Waals surface area contributed by atoms with Crippen molar-refractivity contribution in [3.63, 3.8) is 0 Å². The van der Waals surface area contributed by atoms with Gasteiger partial charge in [0, 0.05) is 50.3 Å². The molecule has 2 aliphatic rings. The maximum atomic E-state index is 2.51. The fourth-order valence-electron chi connectivity index (χ4n) is 11.6. The van der Waals surface area contributed by atoms with E-state index in [1.165, 1.54) is 121 Å². The molecule has 298 valence electrons. The molecule has 0 fully saturated rings. The molecule has 2 heterocycles. The number of hydrogen-bond donors (Lipinski definition) is 0. The Bertz CT molecular complexity index is 3950. The Kier molecular flexibility index (Phi) is 7.55. The molecule has 2 aromatic heterocycles. The van der Waals surface area contributed by atoms with Gasteiger partial charge in [0.1, 0.15) is 0 Å². The molecule has 0 saturated carbocycles. The van der Waals surface area contributed by atoms with Gasteiger partial charge in [-0.25, -0.2) is 0 Å². The summed E-state index contributed by atoms with van der Waals surface area (Å²) in [5.74, 6) is 0.539. The van der Waals surface area contributed by atoms with Crippen LogP contribution < -0.4 is 0 Å². The molecule has 64 heavy (non-hydrogen) atoms. The lowest BCUT2D eigenvalue weighted by Crippen LogP contribution is -2.17. The maximum Gasteiger partial charge on any atom is 0.0625 e. The number of para-hydroxylation sites is 2. The molecule has 2 heteroatoms. The first kappa shape index (κ1) is 35.4. The summed E-state index contributed by atoms with van der Waals surface area (Å²) >= 11 is 0. The molecule has 0 saturated heterocycles. The standard InChI is InChI=1S/C62H40N2/c1-3-17-41(18-4-1)63-57-35-31-39(37-55(57)59-51-27-13-9-23-47(51)49-25-11-15-29-53(49)61(59)63)43-33-34-44(46-22-8-7-21-45(43)46)40-32-36-58-56(38-40)60-52-28-14-10-24-48(52)50-26-12-16-30-54(50)62(60)64(58)42-19-5-2-6-20-42/h1-38,47,51H. The lowest BCUT2D eigenvalue weighted by Gasteiger charge is -2.33. The average molecular weight is 813 g/mol. The third-order valence-corrected chi connectivity index (χ3v) is 14.3. The van der Waals surface area contributed by atoms with Gasteiger partial charge in [-0.3, -0.25) is 0 Å². The number of hydrogen-bond acceptors (Lipinski definition) is 0. The summed E-state index contributed by atoms with van der Waals surface area (Å²) in [6.07, 6.45) is 9.28. The molecule has 2 unspecified atom stereocenters. The second kappa shape index (κ2) is 13.6. The second-order valence-electron chi connectivity index (χ2n) is 17.5. The molecule has 0 aliphatic heterocycles. The predicted octanol–water partition coefficient (Wildman–Crippen LogP) is 16.5. The number of allylic oxidation sites excluding steroid dienone is 4. The van der Waals surface area contributed by atoms with Gasteiger partial charge in [0.2, 0.25) is 0 Å². The Labute approximate surface area is 370 Å². The lowest BCUT2D eigenvalue weighted by molar-refractivity contribution is 0.721. The van der Waals surface area contributed by atoms with E-state index in [0.29, 0.717) is 5.92 Å². The summed E-state index contributed by atoms with van der Waals surface area (Å²) in [4.78, 5) is 0. The van der Waals surface area contributed by atoms with Crippen molar-refractivity contribution in [2.75, 3.05) is 0 Å². The normalized spacial score (nSPS) is 15.4. The molecule has 14 rings (SSSR count). The van der Waals surface area contributed by atoms with E-state index >= 15 is 0 Å². The van der Waals surface area contributed by atoms with Crippen LogP contribution in [0.4, 0.5) is 0 Å². The van der Waals surface area contributed by atoms with Crippen molar-refractivity contribution in [3.05, 3.63) is 242 Å². The van der Waals surface area contributed by atoms with E-state index in [1.807, 2.05) is 0 Å². The van der Waals surface area contributed by atoms with Crippen molar-refractivity contribution < 1.29 is 0 Å². The predicted molar refractivity (Wildman–Crippen MR) is 270 cm³/mol. The molecule has 0 radical (unpaired) electrons. The fraction of sp³-hybridized carbons (Fsp3) is 0.0323. The number of aromatic nitrogens is 2. The topological polar surface area (TPSA) is 9.86 Å². The molecule has 10 aromatic carbocycles. The summed E-state index contributed by atoms with van der Waals surface area (Å²) in [7, 11) is 0.